The highest BCUT2D eigenvalue weighted by atomic mass is 16.5. The number of hydrogen-bond acceptors (Lipinski definition) is 3. The molecule has 1 fully saturated rings. The summed E-state index contributed by atoms with van der Waals surface area (Å²) in [6, 6.07) is 8.30. The fraction of sp³-hybridized carbons (Fsp3) is 0.455. The zero-order valence-corrected chi connectivity index (χ0v) is 8.23. The molecule has 0 amide bonds. The summed E-state index contributed by atoms with van der Waals surface area (Å²) in [5.41, 5.74) is 8.55. The minimum absolute atomic E-state index is 0.0277. The monoisotopic (exact) mass is 190 g/mol. The molecule has 0 bridgehead atoms. The molecule has 0 spiro atoms. The van der Waals surface area contributed by atoms with Crippen LogP contribution in [0.3, 0.4) is 0 Å². The van der Waals surface area contributed by atoms with Crippen LogP contribution >= 0.6 is 0 Å². The molecule has 1 aromatic carbocycles. The number of anilines is 1. The Kier molecular flexibility index (Phi) is 1.47. The first-order valence-corrected chi connectivity index (χ1v) is 4.96. The Labute approximate surface area is 83.5 Å². The highest BCUT2D eigenvalue weighted by Crippen LogP contribution is 2.46. The van der Waals surface area contributed by atoms with Gasteiger partial charge >= 0.3 is 0 Å². The second kappa shape index (κ2) is 2.49. The van der Waals surface area contributed by atoms with Crippen LogP contribution < -0.4 is 10.6 Å². The molecule has 74 valence electrons. The Balaban J connectivity index is 2.21. The largest absolute Gasteiger partial charge is 0.356 e. The number of fused-ring (bicyclic) bond motifs is 3. The van der Waals surface area contributed by atoms with Crippen molar-refractivity contribution in [1.82, 2.24) is 0 Å². The lowest BCUT2D eigenvalue weighted by Gasteiger charge is -2.26. The molecule has 2 atom stereocenters. The van der Waals surface area contributed by atoms with Gasteiger partial charge in [-0.25, -0.2) is 0 Å². The third-order valence-electron chi connectivity index (χ3n) is 3.37. The topological polar surface area (TPSA) is 38.5 Å². The predicted octanol–water partition coefficient (Wildman–Crippen LogP) is 1.04. The lowest BCUT2D eigenvalue weighted by atomic mass is 9.90. The van der Waals surface area contributed by atoms with E-state index < -0.39 is 0 Å². The Bertz CT molecular complexity index is 379. The van der Waals surface area contributed by atoms with Crippen molar-refractivity contribution < 1.29 is 4.74 Å². The number of nitrogens with zero attached hydrogens (tertiary/aromatic N) is 1. The Morgan fingerprint density at radius 1 is 1.50 bits per heavy atom. The molecule has 14 heavy (non-hydrogen) atoms. The van der Waals surface area contributed by atoms with Crippen LogP contribution in [0.15, 0.2) is 24.3 Å². The van der Waals surface area contributed by atoms with Crippen LogP contribution in [-0.4, -0.2) is 19.9 Å². The first-order chi connectivity index (χ1) is 6.73. The molecule has 0 aliphatic carbocycles. The van der Waals surface area contributed by atoms with Crippen LogP contribution in [0.4, 0.5) is 5.69 Å². The molecule has 2 aliphatic heterocycles. The molecule has 0 unspecified atom stereocenters. The maximum Gasteiger partial charge on any atom is 0.152 e. The molecule has 0 saturated carbocycles. The van der Waals surface area contributed by atoms with Gasteiger partial charge < -0.3 is 15.4 Å². The van der Waals surface area contributed by atoms with E-state index in [2.05, 4.69) is 17.0 Å². The summed E-state index contributed by atoms with van der Waals surface area (Å²) in [5, 5.41) is 0. The van der Waals surface area contributed by atoms with E-state index >= 15 is 0 Å². The minimum Gasteiger partial charge on any atom is -0.356 e. The van der Waals surface area contributed by atoms with Gasteiger partial charge in [-0.15, -0.1) is 0 Å². The summed E-state index contributed by atoms with van der Waals surface area (Å²) >= 11 is 0. The van der Waals surface area contributed by atoms with Gasteiger partial charge in [-0.05, 0) is 18.1 Å². The van der Waals surface area contributed by atoms with Gasteiger partial charge in [0.25, 0.3) is 0 Å². The first kappa shape index (κ1) is 8.26. The van der Waals surface area contributed by atoms with Crippen LogP contribution in [-0.2, 0) is 10.3 Å². The average molecular weight is 190 g/mol. The Morgan fingerprint density at radius 2 is 2.29 bits per heavy atom. The van der Waals surface area contributed by atoms with Crippen molar-refractivity contribution in [2.24, 2.45) is 5.73 Å². The SMILES string of the molecule is CN1c2ccccc2[C@@]2(N)CCO[C@@H]12. The van der Waals surface area contributed by atoms with E-state index in [1.165, 1.54) is 11.3 Å². The van der Waals surface area contributed by atoms with Crippen LogP contribution in [0, 0.1) is 0 Å². The predicted molar refractivity (Wildman–Crippen MR) is 55.1 cm³/mol. The highest BCUT2D eigenvalue weighted by molar-refractivity contribution is 5.63. The average Bonchev–Trinajstić information content (AvgIpc) is 2.67. The summed E-state index contributed by atoms with van der Waals surface area (Å²) in [6.07, 6.45) is 0.943. The summed E-state index contributed by atoms with van der Waals surface area (Å²) in [5.74, 6) is 0. The molecule has 2 N–H and O–H groups in total. The number of rotatable bonds is 0. The second-order valence-electron chi connectivity index (χ2n) is 4.14. The van der Waals surface area contributed by atoms with Crippen molar-refractivity contribution >= 4 is 5.69 Å². The zero-order valence-electron chi connectivity index (χ0n) is 8.23. The highest BCUT2D eigenvalue weighted by Gasteiger charge is 2.51. The first-order valence-electron chi connectivity index (χ1n) is 4.96. The van der Waals surface area contributed by atoms with Crippen molar-refractivity contribution in [1.29, 1.82) is 0 Å². The second-order valence-corrected chi connectivity index (χ2v) is 4.14. The van der Waals surface area contributed by atoms with E-state index in [4.69, 9.17) is 10.5 Å². The number of benzene rings is 1. The molecule has 1 aromatic rings. The summed E-state index contributed by atoms with van der Waals surface area (Å²) < 4.78 is 5.68. The van der Waals surface area contributed by atoms with Crippen LogP contribution in [0.2, 0.25) is 0 Å². The third-order valence-corrected chi connectivity index (χ3v) is 3.37. The van der Waals surface area contributed by atoms with E-state index in [9.17, 15) is 0 Å². The Hall–Kier alpha value is -1.06. The van der Waals surface area contributed by atoms with Crippen molar-refractivity contribution in [3.8, 4) is 0 Å². The van der Waals surface area contributed by atoms with Gasteiger partial charge in [0, 0.05) is 12.7 Å². The normalized spacial score (nSPS) is 34.4. The third kappa shape index (κ3) is 0.792. The maximum absolute atomic E-state index is 6.40. The van der Waals surface area contributed by atoms with E-state index in [0.29, 0.717) is 0 Å². The van der Waals surface area contributed by atoms with E-state index in [1.807, 2.05) is 19.2 Å². The molecular weight excluding hydrogens is 176 g/mol. The molecule has 0 aromatic heterocycles. The quantitative estimate of drug-likeness (QED) is 0.664. The molecular formula is C11H14N2O. The maximum atomic E-state index is 6.40. The standard InChI is InChI=1S/C11H14N2O/c1-13-9-5-3-2-4-8(9)11(12)6-7-14-10(11)13/h2-5,10H,6-7,12H2,1H3/t10-,11+/m1/s1. The number of para-hydroxylation sites is 1. The van der Waals surface area contributed by atoms with Gasteiger partial charge in [-0.1, -0.05) is 18.2 Å². The van der Waals surface area contributed by atoms with E-state index in [-0.39, 0.29) is 11.8 Å². The van der Waals surface area contributed by atoms with Crippen LogP contribution in [0.1, 0.15) is 12.0 Å². The molecule has 3 nitrogen and oxygen atoms in total. The van der Waals surface area contributed by atoms with Crippen molar-refractivity contribution in [3.05, 3.63) is 29.8 Å². The molecule has 1 saturated heterocycles. The molecule has 2 aliphatic rings. The molecule has 2 heterocycles. The van der Waals surface area contributed by atoms with Gasteiger partial charge in [0.15, 0.2) is 6.23 Å². The fourth-order valence-electron chi connectivity index (χ4n) is 2.64. The molecule has 3 heteroatoms. The number of likely N-dealkylation sites (N-methyl/N-ethyl adjacent to an activating group) is 1. The van der Waals surface area contributed by atoms with Crippen molar-refractivity contribution in [2.45, 2.75) is 18.2 Å². The van der Waals surface area contributed by atoms with Gasteiger partial charge in [0.1, 0.15) is 0 Å². The number of nitrogens with two attached hydrogens (primary N) is 1. The molecule has 0 radical (unpaired) electrons. The lowest BCUT2D eigenvalue weighted by Crippen LogP contribution is -2.46. The van der Waals surface area contributed by atoms with Crippen molar-refractivity contribution in [2.75, 3.05) is 18.6 Å². The van der Waals surface area contributed by atoms with Gasteiger partial charge in [-0.3, -0.25) is 0 Å². The van der Waals surface area contributed by atoms with Crippen LogP contribution in [0.5, 0.6) is 0 Å². The Morgan fingerprint density at radius 3 is 3.14 bits per heavy atom. The van der Waals surface area contributed by atoms with Gasteiger partial charge in [0.05, 0.1) is 12.1 Å². The lowest BCUT2D eigenvalue weighted by molar-refractivity contribution is 0.0891. The fourth-order valence-corrected chi connectivity index (χ4v) is 2.64. The number of ether oxygens (including phenoxy) is 1. The minimum atomic E-state index is -0.286. The van der Waals surface area contributed by atoms with Crippen LogP contribution in [0.25, 0.3) is 0 Å². The van der Waals surface area contributed by atoms with Gasteiger partial charge in [0.2, 0.25) is 0 Å². The van der Waals surface area contributed by atoms with Crippen molar-refractivity contribution in [3.63, 3.8) is 0 Å². The smallest absolute Gasteiger partial charge is 0.152 e. The zero-order chi connectivity index (χ0) is 9.76. The summed E-state index contributed by atoms with van der Waals surface area (Å²) in [7, 11) is 2.05. The van der Waals surface area contributed by atoms with Gasteiger partial charge in [-0.2, -0.15) is 0 Å². The summed E-state index contributed by atoms with van der Waals surface area (Å²) in [4.78, 5) is 2.14. The van der Waals surface area contributed by atoms with E-state index in [0.717, 1.165) is 13.0 Å². The number of hydrogen-bond donors (Lipinski definition) is 1. The van der Waals surface area contributed by atoms with E-state index in [1.54, 1.807) is 0 Å². The molecule has 3 rings (SSSR count). The summed E-state index contributed by atoms with van der Waals surface area (Å²) in [6.45, 7) is 0.764.